The Morgan fingerprint density at radius 1 is 1.15 bits per heavy atom. The van der Waals surface area contributed by atoms with E-state index in [1.54, 1.807) is 0 Å². The lowest BCUT2D eigenvalue weighted by Gasteiger charge is -2.41. The maximum atomic E-state index is 2.64. The molecule has 0 aromatic heterocycles. The highest BCUT2D eigenvalue weighted by Gasteiger charge is 2.28. The number of piperidine rings is 1. The molecule has 0 amide bonds. The largest absolute Gasteiger partial charge is 0.298 e. The van der Waals surface area contributed by atoms with Crippen molar-refractivity contribution in [3.05, 3.63) is 0 Å². The summed E-state index contributed by atoms with van der Waals surface area (Å²) < 4.78 is 0. The molecule has 1 aliphatic heterocycles. The van der Waals surface area contributed by atoms with Crippen molar-refractivity contribution in [3.8, 4) is 0 Å². The van der Waals surface area contributed by atoms with Crippen molar-refractivity contribution < 1.29 is 0 Å². The van der Waals surface area contributed by atoms with Gasteiger partial charge in [-0.2, -0.15) is 0 Å². The third-order valence-electron chi connectivity index (χ3n) is 3.57. The molecule has 0 aromatic rings. The van der Waals surface area contributed by atoms with E-state index in [2.05, 4.69) is 39.5 Å². The first-order chi connectivity index (χ1) is 6.02. The summed E-state index contributed by atoms with van der Waals surface area (Å²) in [5, 5.41) is 0. The van der Waals surface area contributed by atoms with Crippen molar-refractivity contribution in [1.29, 1.82) is 0 Å². The van der Waals surface area contributed by atoms with Crippen LogP contribution in [0.2, 0.25) is 0 Å². The Bertz CT molecular complexity index is 151. The molecule has 0 unspecified atom stereocenters. The van der Waals surface area contributed by atoms with E-state index in [9.17, 15) is 0 Å². The van der Waals surface area contributed by atoms with Crippen LogP contribution in [-0.4, -0.2) is 23.5 Å². The lowest BCUT2D eigenvalue weighted by molar-refractivity contribution is 0.0764. The van der Waals surface area contributed by atoms with Gasteiger partial charge in [0, 0.05) is 12.1 Å². The van der Waals surface area contributed by atoms with E-state index in [1.165, 1.54) is 19.4 Å². The number of hydrogen-bond donors (Lipinski definition) is 0. The van der Waals surface area contributed by atoms with Crippen LogP contribution < -0.4 is 0 Å². The molecule has 1 saturated heterocycles. The summed E-state index contributed by atoms with van der Waals surface area (Å²) in [6.07, 6.45) is 2.80. The van der Waals surface area contributed by atoms with E-state index in [-0.39, 0.29) is 0 Å². The van der Waals surface area contributed by atoms with Crippen LogP contribution in [0, 0.1) is 11.8 Å². The first kappa shape index (κ1) is 11.0. The van der Waals surface area contributed by atoms with E-state index in [0.29, 0.717) is 0 Å². The highest BCUT2D eigenvalue weighted by molar-refractivity contribution is 4.81. The van der Waals surface area contributed by atoms with Crippen LogP contribution in [0.5, 0.6) is 0 Å². The van der Waals surface area contributed by atoms with Gasteiger partial charge < -0.3 is 0 Å². The van der Waals surface area contributed by atoms with Gasteiger partial charge in [0.1, 0.15) is 0 Å². The Morgan fingerprint density at radius 2 is 1.77 bits per heavy atom. The van der Waals surface area contributed by atoms with Gasteiger partial charge >= 0.3 is 0 Å². The maximum Gasteiger partial charge on any atom is 0.00723 e. The molecule has 1 aliphatic rings. The summed E-state index contributed by atoms with van der Waals surface area (Å²) in [5.74, 6) is 1.83. The van der Waals surface area contributed by atoms with Crippen molar-refractivity contribution in [2.24, 2.45) is 11.8 Å². The zero-order chi connectivity index (χ0) is 10.0. The SMILES string of the molecule is CC(C)[C@H]1CCN(C(C)C)[C@@H](C)C1. The second-order valence-electron chi connectivity index (χ2n) is 5.21. The number of nitrogens with zero attached hydrogens (tertiary/aromatic N) is 1. The fraction of sp³-hybridized carbons (Fsp3) is 1.00. The summed E-state index contributed by atoms with van der Waals surface area (Å²) >= 11 is 0. The molecular formula is C12H25N. The van der Waals surface area contributed by atoms with Gasteiger partial charge in [0.2, 0.25) is 0 Å². The van der Waals surface area contributed by atoms with Crippen LogP contribution in [0.25, 0.3) is 0 Å². The van der Waals surface area contributed by atoms with Crippen LogP contribution in [-0.2, 0) is 0 Å². The van der Waals surface area contributed by atoms with E-state index in [0.717, 1.165) is 23.9 Å². The molecule has 0 aromatic carbocycles. The van der Waals surface area contributed by atoms with Crippen molar-refractivity contribution in [2.45, 2.75) is 59.5 Å². The molecule has 0 N–H and O–H groups in total. The second kappa shape index (κ2) is 4.45. The summed E-state index contributed by atoms with van der Waals surface area (Å²) in [7, 11) is 0. The second-order valence-corrected chi connectivity index (χ2v) is 5.21. The van der Waals surface area contributed by atoms with E-state index in [4.69, 9.17) is 0 Å². The van der Waals surface area contributed by atoms with Crippen molar-refractivity contribution >= 4 is 0 Å². The van der Waals surface area contributed by atoms with Gasteiger partial charge in [-0.3, -0.25) is 4.90 Å². The molecule has 1 nitrogen and oxygen atoms in total. The zero-order valence-electron chi connectivity index (χ0n) is 9.88. The lowest BCUT2D eigenvalue weighted by Crippen LogP contribution is -2.45. The summed E-state index contributed by atoms with van der Waals surface area (Å²) in [6.45, 7) is 13.0. The van der Waals surface area contributed by atoms with Gasteiger partial charge in [0.15, 0.2) is 0 Å². The molecule has 1 heterocycles. The molecular weight excluding hydrogens is 158 g/mol. The van der Waals surface area contributed by atoms with E-state index >= 15 is 0 Å². The number of likely N-dealkylation sites (tertiary alicyclic amines) is 1. The molecule has 0 bridgehead atoms. The minimum atomic E-state index is 0.725. The van der Waals surface area contributed by atoms with Gasteiger partial charge in [-0.1, -0.05) is 13.8 Å². The Hall–Kier alpha value is -0.0400. The number of hydrogen-bond acceptors (Lipinski definition) is 1. The maximum absolute atomic E-state index is 2.64. The molecule has 1 fully saturated rings. The average Bonchev–Trinajstić information content (AvgIpc) is 2.03. The topological polar surface area (TPSA) is 3.24 Å². The van der Waals surface area contributed by atoms with E-state index < -0.39 is 0 Å². The lowest BCUT2D eigenvalue weighted by atomic mass is 9.83. The van der Waals surface area contributed by atoms with Gasteiger partial charge in [-0.05, 0) is 52.0 Å². The Labute approximate surface area is 83.5 Å². The normalized spacial score (nSPS) is 31.6. The fourth-order valence-corrected chi connectivity index (χ4v) is 2.60. The van der Waals surface area contributed by atoms with Gasteiger partial charge in [-0.15, -0.1) is 0 Å². The first-order valence-electron chi connectivity index (χ1n) is 5.78. The predicted octanol–water partition coefficient (Wildman–Crippen LogP) is 3.15. The molecule has 1 rings (SSSR count). The molecule has 0 radical (unpaired) electrons. The van der Waals surface area contributed by atoms with Crippen LogP contribution in [0.1, 0.15) is 47.5 Å². The smallest absolute Gasteiger partial charge is 0.00723 e. The highest BCUT2D eigenvalue weighted by atomic mass is 15.2. The molecule has 2 atom stereocenters. The minimum absolute atomic E-state index is 0.725. The first-order valence-corrected chi connectivity index (χ1v) is 5.78. The van der Waals surface area contributed by atoms with Crippen LogP contribution in [0.4, 0.5) is 0 Å². The standard InChI is InChI=1S/C12H25N/c1-9(2)12-6-7-13(10(3)4)11(5)8-12/h9-12H,6-8H2,1-5H3/t11-,12-/m0/s1. The van der Waals surface area contributed by atoms with Crippen LogP contribution in [0.3, 0.4) is 0 Å². The third-order valence-corrected chi connectivity index (χ3v) is 3.57. The zero-order valence-corrected chi connectivity index (χ0v) is 9.88. The quantitative estimate of drug-likeness (QED) is 0.635. The van der Waals surface area contributed by atoms with Crippen molar-refractivity contribution in [1.82, 2.24) is 4.90 Å². The molecule has 13 heavy (non-hydrogen) atoms. The van der Waals surface area contributed by atoms with Crippen molar-refractivity contribution in [2.75, 3.05) is 6.54 Å². The fourth-order valence-electron chi connectivity index (χ4n) is 2.60. The van der Waals surface area contributed by atoms with Gasteiger partial charge in [0.25, 0.3) is 0 Å². The summed E-state index contributed by atoms with van der Waals surface area (Å²) in [6, 6.07) is 1.52. The van der Waals surface area contributed by atoms with Crippen LogP contribution >= 0.6 is 0 Å². The van der Waals surface area contributed by atoms with Crippen molar-refractivity contribution in [3.63, 3.8) is 0 Å². The average molecular weight is 183 g/mol. The molecule has 1 heteroatoms. The van der Waals surface area contributed by atoms with E-state index in [1.807, 2.05) is 0 Å². The summed E-state index contributed by atoms with van der Waals surface area (Å²) in [4.78, 5) is 2.64. The molecule has 0 aliphatic carbocycles. The predicted molar refractivity (Wildman–Crippen MR) is 58.9 cm³/mol. The van der Waals surface area contributed by atoms with Crippen LogP contribution in [0.15, 0.2) is 0 Å². The molecule has 78 valence electrons. The monoisotopic (exact) mass is 183 g/mol. The Balaban J connectivity index is 2.46. The molecule has 0 saturated carbocycles. The number of rotatable bonds is 2. The van der Waals surface area contributed by atoms with Gasteiger partial charge in [-0.25, -0.2) is 0 Å². The minimum Gasteiger partial charge on any atom is -0.298 e. The highest BCUT2D eigenvalue weighted by Crippen LogP contribution is 2.29. The Kier molecular flexibility index (Phi) is 3.78. The summed E-state index contributed by atoms with van der Waals surface area (Å²) in [5.41, 5.74) is 0. The van der Waals surface area contributed by atoms with Gasteiger partial charge in [0.05, 0.1) is 0 Å². The third kappa shape index (κ3) is 2.70. The Morgan fingerprint density at radius 3 is 2.15 bits per heavy atom. The molecule has 0 spiro atoms.